The third-order valence-corrected chi connectivity index (χ3v) is 2.81. The average Bonchev–Trinajstić information content (AvgIpc) is 2.46. The Hall–Kier alpha value is -2.16. The van der Waals surface area contributed by atoms with Crippen LogP contribution >= 0.6 is 0 Å². The van der Waals surface area contributed by atoms with Crippen molar-refractivity contribution in [2.75, 3.05) is 18.9 Å². The molecular weight excluding hydrogens is 238 g/mol. The van der Waals surface area contributed by atoms with Crippen LogP contribution in [-0.2, 0) is 6.42 Å². The van der Waals surface area contributed by atoms with E-state index in [-0.39, 0.29) is 0 Å². The van der Waals surface area contributed by atoms with Gasteiger partial charge in [0.05, 0.1) is 0 Å². The lowest BCUT2D eigenvalue weighted by Gasteiger charge is -2.09. The van der Waals surface area contributed by atoms with Gasteiger partial charge in [-0.2, -0.15) is 0 Å². The van der Waals surface area contributed by atoms with Gasteiger partial charge in [-0.3, -0.25) is 0 Å². The van der Waals surface area contributed by atoms with Gasteiger partial charge in [-0.1, -0.05) is 19.1 Å². The number of aryl methyl sites for hydroxylation is 1. The summed E-state index contributed by atoms with van der Waals surface area (Å²) in [6, 6.07) is 15.5. The van der Waals surface area contributed by atoms with Gasteiger partial charge in [-0.25, -0.2) is 0 Å². The highest BCUT2D eigenvalue weighted by molar-refractivity contribution is 5.41. The fourth-order valence-electron chi connectivity index (χ4n) is 1.74. The smallest absolute Gasteiger partial charge is 0.122 e. The molecule has 100 valence electrons. The van der Waals surface area contributed by atoms with Gasteiger partial charge in [0.15, 0.2) is 0 Å². The zero-order valence-corrected chi connectivity index (χ0v) is 11.1. The fourth-order valence-corrected chi connectivity index (χ4v) is 1.74. The SMILES string of the molecule is CCc1cccc(OCCOc2ccc(N)cc2)c1. The predicted molar refractivity (Wildman–Crippen MR) is 77.7 cm³/mol. The van der Waals surface area contributed by atoms with Crippen LogP contribution < -0.4 is 15.2 Å². The Morgan fingerprint density at radius 2 is 1.58 bits per heavy atom. The second kappa shape index (κ2) is 6.69. The highest BCUT2D eigenvalue weighted by Crippen LogP contribution is 2.15. The van der Waals surface area contributed by atoms with E-state index < -0.39 is 0 Å². The molecule has 3 nitrogen and oxygen atoms in total. The summed E-state index contributed by atoms with van der Waals surface area (Å²) in [6.45, 7) is 3.17. The van der Waals surface area contributed by atoms with Crippen LogP contribution in [0.3, 0.4) is 0 Å². The van der Waals surface area contributed by atoms with E-state index in [1.165, 1.54) is 5.56 Å². The Morgan fingerprint density at radius 1 is 0.895 bits per heavy atom. The molecular formula is C16H19NO2. The van der Waals surface area contributed by atoms with Crippen LogP contribution in [-0.4, -0.2) is 13.2 Å². The summed E-state index contributed by atoms with van der Waals surface area (Å²) >= 11 is 0. The van der Waals surface area contributed by atoms with Crippen molar-refractivity contribution < 1.29 is 9.47 Å². The van der Waals surface area contributed by atoms with Crippen LogP contribution in [0.25, 0.3) is 0 Å². The molecule has 19 heavy (non-hydrogen) atoms. The van der Waals surface area contributed by atoms with Crippen LogP contribution in [0.4, 0.5) is 5.69 Å². The second-order valence-corrected chi connectivity index (χ2v) is 4.27. The van der Waals surface area contributed by atoms with E-state index in [1.54, 1.807) is 0 Å². The summed E-state index contributed by atoms with van der Waals surface area (Å²) in [5.74, 6) is 1.69. The molecule has 0 heterocycles. The zero-order valence-electron chi connectivity index (χ0n) is 11.1. The molecule has 2 aromatic rings. The molecule has 0 spiro atoms. The molecule has 0 saturated carbocycles. The molecule has 0 unspecified atom stereocenters. The lowest BCUT2D eigenvalue weighted by atomic mass is 10.2. The van der Waals surface area contributed by atoms with Gasteiger partial charge >= 0.3 is 0 Å². The molecule has 2 N–H and O–H groups in total. The summed E-state index contributed by atoms with van der Waals surface area (Å²) in [7, 11) is 0. The average molecular weight is 257 g/mol. The van der Waals surface area contributed by atoms with Gasteiger partial charge in [0.2, 0.25) is 0 Å². The number of nitrogen functional groups attached to an aromatic ring is 1. The van der Waals surface area contributed by atoms with Gasteiger partial charge in [0.25, 0.3) is 0 Å². The van der Waals surface area contributed by atoms with E-state index in [9.17, 15) is 0 Å². The monoisotopic (exact) mass is 257 g/mol. The minimum atomic E-state index is 0.514. The van der Waals surface area contributed by atoms with E-state index in [2.05, 4.69) is 19.1 Å². The Kier molecular flexibility index (Phi) is 4.67. The Bertz CT molecular complexity index is 508. The standard InChI is InChI=1S/C16H19NO2/c1-2-13-4-3-5-16(12-13)19-11-10-18-15-8-6-14(17)7-9-15/h3-9,12H,2,10-11,17H2,1H3. The van der Waals surface area contributed by atoms with Crippen molar-refractivity contribution in [1.82, 2.24) is 0 Å². The van der Waals surface area contributed by atoms with E-state index in [0.717, 1.165) is 23.6 Å². The minimum absolute atomic E-state index is 0.514. The highest BCUT2D eigenvalue weighted by atomic mass is 16.5. The molecule has 3 heteroatoms. The molecule has 0 amide bonds. The first-order valence-electron chi connectivity index (χ1n) is 6.48. The van der Waals surface area contributed by atoms with Crippen LogP contribution in [0.15, 0.2) is 48.5 Å². The number of hydrogen-bond donors (Lipinski definition) is 1. The van der Waals surface area contributed by atoms with Gasteiger partial charge < -0.3 is 15.2 Å². The number of ether oxygens (including phenoxy) is 2. The molecule has 0 aliphatic rings. The number of rotatable bonds is 6. The number of benzene rings is 2. The maximum atomic E-state index is 5.64. The van der Waals surface area contributed by atoms with Crippen molar-refractivity contribution in [3.05, 3.63) is 54.1 Å². The lowest BCUT2D eigenvalue weighted by Crippen LogP contribution is -2.09. The second-order valence-electron chi connectivity index (χ2n) is 4.27. The normalized spacial score (nSPS) is 10.2. The van der Waals surface area contributed by atoms with E-state index in [4.69, 9.17) is 15.2 Å². The number of hydrogen-bond acceptors (Lipinski definition) is 3. The van der Waals surface area contributed by atoms with Gasteiger partial charge in [0, 0.05) is 5.69 Å². The molecule has 0 saturated heterocycles. The lowest BCUT2D eigenvalue weighted by molar-refractivity contribution is 0.217. The molecule has 0 bridgehead atoms. The minimum Gasteiger partial charge on any atom is -0.490 e. The molecule has 0 aliphatic heterocycles. The molecule has 0 aliphatic carbocycles. The van der Waals surface area contributed by atoms with Crippen LogP contribution in [0.5, 0.6) is 11.5 Å². The van der Waals surface area contributed by atoms with Gasteiger partial charge in [-0.05, 0) is 48.4 Å². The summed E-state index contributed by atoms with van der Waals surface area (Å²) in [5.41, 5.74) is 7.62. The summed E-state index contributed by atoms with van der Waals surface area (Å²) < 4.78 is 11.2. The first kappa shape index (κ1) is 13.3. The van der Waals surface area contributed by atoms with E-state index >= 15 is 0 Å². The van der Waals surface area contributed by atoms with Crippen molar-refractivity contribution in [3.63, 3.8) is 0 Å². The van der Waals surface area contributed by atoms with Crippen molar-refractivity contribution >= 4 is 5.69 Å². The number of nitrogens with two attached hydrogens (primary N) is 1. The number of anilines is 1. The van der Waals surface area contributed by atoms with Crippen molar-refractivity contribution in [1.29, 1.82) is 0 Å². The largest absolute Gasteiger partial charge is 0.490 e. The van der Waals surface area contributed by atoms with Crippen LogP contribution in [0.1, 0.15) is 12.5 Å². The predicted octanol–water partition coefficient (Wildman–Crippen LogP) is 3.29. The first-order chi connectivity index (χ1) is 9.28. The molecule has 0 aromatic heterocycles. The van der Waals surface area contributed by atoms with Crippen LogP contribution in [0.2, 0.25) is 0 Å². The molecule has 0 fully saturated rings. The fraction of sp³-hybridized carbons (Fsp3) is 0.250. The molecule has 0 radical (unpaired) electrons. The van der Waals surface area contributed by atoms with Crippen molar-refractivity contribution in [3.8, 4) is 11.5 Å². The molecule has 2 rings (SSSR count). The molecule has 2 aromatic carbocycles. The van der Waals surface area contributed by atoms with Crippen molar-refractivity contribution in [2.24, 2.45) is 0 Å². The van der Waals surface area contributed by atoms with Gasteiger partial charge in [0.1, 0.15) is 24.7 Å². The van der Waals surface area contributed by atoms with E-state index in [1.807, 2.05) is 36.4 Å². The van der Waals surface area contributed by atoms with Gasteiger partial charge in [-0.15, -0.1) is 0 Å². The summed E-state index contributed by atoms with van der Waals surface area (Å²) in [5, 5.41) is 0. The highest BCUT2D eigenvalue weighted by Gasteiger charge is 1.97. The quantitative estimate of drug-likeness (QED) is 0.638. The topological polar surface area (TPSA) is 44.5 Å². The Morgan fingerprint density at radius 3 is 2.26 bits per heavy atom. The van der Waals surface area contributed by atoms with Crippen molar-refractivity contribution in [2.45, 2.75) is 13.3 Å². The summed E-state index contributed by atoms with van der Waals surface area (Å²) in [4.78, 5) is 0. The maximum absolute atomic E-state index is 5.64. The Labute approximate surface area is 114 Å². The Balaban J connectivity index is 1.75. The third kappa shape index (κ3) is 4.21. The third-order valence-electron chi connectivity index (χ3n) is 2.81. The maximum Gasteiger partial charge on any atom is 0.122 e. The van der Waals surface area contributed by atoms with E-state index in [0.29, 0.717) is 13.2 Å². The van der Waals surface area contributed by atoms with Crippen LogP contribution in [0, 0.1) is 0 Å². The molecule has 0 atom stereocenters. The first-order valence-corrected chi connectivity index (χ1v) is 6.48. The summed E-state index contributed by atoms with van der Waals surface area (Å²) in [6.07, 6.45) is 1.01. The zero-order chi connectivity index (χ0) is 13.5.